The maximum Gasteiger partial charge on any atom is 0.266 e. The molecule has 1 aromatic heterocycles. The first-order chi connectivity index (χ1) is 15.1. The molecule has 5 nitrogen and oxygen atoms in total. The van der Waals surface area contributed by atoms with Crippen molar-refractivity contribution in [2.45, 2.75) is 0 Å². The summed E-state index contributed by atoms with van der Waals surface area (Å²) < 4.78 is 0.364. The van der Waals surface area contributed by atoms with Gasteiger partial charge in [-0.05, 0) is 11.6 Å². The quantitative estimate of drug-likeness (QED) is 0.402. The number of thiazole rings is 1. The van der Waals surface area contributed by atoms with Gasteiger partial charge in [0, 0.05) is 10.9 Å². The highest BCUT2D eigenvalue weighted by Crippen LogP contribution is 2.31. The van der Waals surface area contributed by atoms with Crippen LogP contribution in [0.15, 0.2) is 83.1 Å². The van der Waals surface area contributed by atoms with E-state index in [9.17, 15) is 9.59 Å². The first kappa shape index (κ1) is 21.2. The number of anilines is 1. The zero-order valence-electron chi connectivity index (χ0n) is 16.2. The molecule has 1 saturated heterocycles. The molecule has 1 aliphatic rings. The van der Waals surface area contributed by atoms with Crippen LogP contribution in [0.5, 0.6) is 0 Å². The first-order valence-corrected chi connectivity index (χ1v) is 11.5. The van der Waals surface area contributed by atoms with E-state index in [0.29, 0.717) is 14.4 Å². The summed E-state index contributed by atoms with van der Waals surface area (Å²) in [5.41, 5.74) is 2.80. The minimum absolute atomic E-state index is 0.148. The van der Waals surface area contributed by atoms with Crippen LogP contribution >= 0.6 is 35.3 Å². The lowest BCUT2D eigenvalue weighted by molar-refractivity contribution is -0.126. The smallest absolute Gasteiger partial charge is 0.266 e. The van der Waals surface area contributed by atoms with Gasteiger partial charge in [-0.15, -0.1) is 11.3 Å². The summed E-state index contributed by atoms with van der Waals surface area (Å²) in [5, 5.41) is 5.12. The molecule has 0 spiro atoms. The highest BCUT2D eigenvalue weighted by Gasteiger charge is 2.33. The van der Waals surface area contributed by atoms with Crippen molar-refractivity contribution in [3.8, 4) is 11.3 Å². The summed E-state index contributed by atoms with van der Waals surface area (Å²) in [4.78, 5) is 31.4. The summed E-state index contributed by atoms with van der Waals surface area (Å²) in [6, 6.07) is 19.5. The Bertz CT molecular complexity index is 1170. The highest BCUT2D eigenvalue weighted by atomic mass is 32.2. The fourth-order valence-corrected chi connectivity index (χ4v) is 4.78. The van der Waals surface area contributed by atoms with Gasteiger partial charge < -0.3 is 5.32 Å². The zero-order chi connectivity index (χ0) is 21.6. The molecule has 0 saturated carbocycles. The Morgan fingerprint density at radius 3 is 2.55 bits per heavy atom. The number of carbonyl (C=O) groups is 2. The molecular formula is C23H17N3O2S3. The molecule has 154 valence electrons. The average Bonchev–Trinajstić information content (AvgIpc) is 3.35. The summed E-state index contributed by atoms with van der Waals surface area (Å²) >= 11 is 7.83. The fraction of sp³-hybridized carbons (Fsp3) is 0.0435. The van der Waals surface area contributed by atoms with Crippen LogP contribution in [-0.2, 0) is 9.59 Å². The Morgan fingerprint density at radius 1 is 1.10 bits per heavy atom. The van der Waals surface area contributed by atoms with Crippen LogP contribution in [0.25, 0.3) is 17.3 Å². The first-order valence-electron chi connectivity index (χ1n) is 9.38. The van der Waals surface area contributed by atoms with E-state index in [-0.39, 0.29) is 18.4 Å². The molecule has 0 aliphatic carbocycles. The molecule has 1 fully saturated rings. The number of aromatic nitrogens is 1. The lowest BCUT2D eigenvalue weighted by Gasteiger charge is -2.13. The molecule has 1 N–H and O–H groups in total. The molecule has 2 amide bonds. The number of hydrogen-bond acceptors (Lipinski definition) is 6. The third kappa shape index (κ3) is 5.35. The molecule has 3 aromatic rings. The predicted octanol–water partition coefficient (Wildman–Crippen LogP) is 5.21. The highest BCUT2D eigenvalue weighted by molar-refractivity contribution is 8.26. The summed E-state index contributed by atoms with van der Waals surface area (Å²) in [6.45, 7) is -0.148. The molecule has 0 radical (unpaired) electrons. The van der Waals surface area contributed by atoms with Gasteiger partial charge in [0.15, 0.2) is 5.13 Å². The Hall–Kier alpha value is -3.07. The minimum atomic E-state index is -0.341. The Labute approximate surface area is 193 Å². The van der Waals surface area contributed by atoms with Gasteiger partial charge >= 0.3 is 0 Å². The predicted molar refractivity (Wildman–Crippen MR) is 132 cm³/mol. The zero-order valence-corrected chi connectivity index (χ0v) is 18.7. The maximum absolute atomic E-state index is 12.7. The van der Waals surface area contributed by atoms with Gasteiger partial charge in [0.05, 0.1) is 10.6 Å². The van der Waals surface area contributed by atoms with Crippen molar-refractivity contribution in [3.05, 3.63) is 88.7 Å². The van der Waals surface area contributed by atoms with Crippen molar-refractivity contribution < 1.29 is 9.59 Å². The van der Waals surface area contributed by atoms with Crippen LogP contribution in [0.4, 0.5) is 5.13 Å². The molecule has 8 heteroatoms. The summed E-state index contributed by atoms with van der Waals surface area (Å²) in [5.74, 6) is -0.613. The van der Waals surface area contributed by atoms with Crippen molar-refractivity contribution >= 4 is 62.7 Å². The number of thiocarbonyl (C=S) groups is 1. The Kier molecular flexibility index (Phi) is 6.71. The van der Waals surface area contributed by atoms with Gasteiger partial charge in [-0.25, -0.2) is 4.98 Å². The maximum atomic E-state index is 12.7. The lowest BCUT2D eigenvalue weighted by atomic mass is 10.2. The van der Waals surface area contributed by atoms with Crippen molar-refractivity contribution in [2.75, 3.05) is 11.9 Å². The second-order valence-corrected chi connectivity index (χ2v) is 9.05. The largest absolute Gasteiger partial charge is 0.300 e. The number of nitrogens with zero attached hydrogens (tertiary/aromatic N) is 2. The molecule has 4 rings (SSSR count). The van der Waals surface area contributed by atoms with E-state index in [1.165, 1.54) is 28.0 Å². The molecule has 0 unspecified atom stereocenters. The van der Waals surface area contributed by atoms with Gasteiger partial charge in [0.25, 0.3) is 5.91 Å². The fourth-order valence-electron chi connectivity index (χ4n) is 2.84. The van der Waals surface area contributed by atoms with Crippen molar-refractivity contribution in [1.29, 1.82) is 0 Å². The monoisotopic (exact) mass is 463 g/mol. The summed E-state index contributed by atoms with van der Waals surface area (Å²) in [6.07, 6.45) is 5.44. The normalized spacial score (nSPS) is 15.2. The Morgan fingerprint density at radius 2 is 1.81 bits per heavy atom. The standard InChI is InChI=1S/C23H17N3O2S3/c27-20(25-22-24-18(15-30-22)17-11-5-2-6-12-17)14-26-21(28)19(31-23(26)29)13-7-10-16-8-3-1-4-9-16/h1-13,15H,14H2,(H,24,25,27). The van der Waals surface area contributed by atoms with E-state index < -0.39 is 0 Å². The average molecular weight is 464 g/mol. The molecular weight excluding hydrogens is 446 g/mol. The number of amides is 2. The lowest BCUT2D eigenvalue weighted by Crippen LogP contribution is -2.36. The number of hydrogen-bond donors (Lipinski definition) is 1. The Balaban J connectivity index is 1.37. The van der Waals surface area contributed by atoms with Crippen LogP contribution in [0, 0.1) is 0 Å². The van der Waals surface area contributed by atoms with Crippen LogP contribution in [0.1, 0.15) is 5.56 Å². The van der Waals surface area contributed by atoms with Gasteiger partial charge in [-0.3, -0.25) is 14.5 Å². The molecule has 0 atom stereocenters. The molecule has 0 bridgehead atoms. The van der Waals surface area contributed by atoms with E-state index in [4.69, 9.17) is 12.2 Å². The number of thioether (sulfide) groups is 1. The van der Waals surface area contributed by atoms with Crippen LogP contribution in [0.2, 0.25) is 0 Å². The number of rotatable bonds is 6. The topological polar surface area (TPSA) is 62.3 Å². The van der Waals surface area contributed by atoms with Crippen LogP contribution in [0.3, 0.4) is 0 Å². The van der Waals surface area contributed by atoms with Crippen molar-refractivity contribution in [1.82, 2.24) is 9.88 Å². The molecule has 2 heterocycles. The van der Waals surface area contributed by atoms with Gasteiger partial charge in [0.1, 0.15) is 10.9 Å². The second-order valence-electron chi connectivity index (χ2n) is 6.51. The number of benzene rings is 2. The number of nitrogens with one attached hydrogen (secondary N) is 1. The molecule has 2 aromatic carbocycles. The molecule has 31 heavy (non-hydrogen) atoms. The van der Waals surface area contributed by atoms with E-state index in [0.717, 1.165) is 16.8 Å². The van der Waals surface area contributed by atoms with E-state index in [1.807, 2.05) is 78.2 Å². The van der Waals surface area contributed by atoms with Crippen LogP contribution in [-0.4, -0.2) is 32.6 Å². The second kappa shape index (κ2) is 9.82. The van der Waals surface area contributed by atoms with Gasteiger partial charge in [-0.2, -0.15) is 0 Å². The van der Waals surface area contributed by atoms with E-state index in [1.54, 1.807) is 6.08 Å². The third-order valence-electron chi connectivity index (χ3n) is 4.33. The SMILES string of the molecule is O=C(CN1C(=O)C(=CC=Cc2ccccc2)SC1=S)Nc1nc(-c2ccccc2)cs1. The summed E-state index contributed by atoms with van der Waals surface area (Å²) in [7, 11) is 0. The third-order valence-corrected chi connectivity index (χ3v) is 6.48. The van der Waals surface area contributed by atoms with Gasteiger partial charge in [0.2, 0.25) is 5.91 Å². The van der Waals surface area contributed by atoms with Crippen LogP contribution < -0.4 is 5.32 Å². The van der Waals surface area contributed by atoms with Crippen molar-refractivity contribution in [3.63, 3.8) is 0 Å². The number of carbonyl (C=O) groups excluding carboxylic acids is 2. The van der Waals surface area contributed by atoms with E-state index >= 15 is 0 Å². The van der Waals surface area contributed by atoms with E-state index in [2.05, 4.69) is 10.3 Å². The van der Waals surface area contributed by atoms with Gasteiger partial charge in [-0.1, -0.05) is 96.8 Å². The molecule has 1 aliphatic heterocycles. The minimum Gasteiger partial charge on any atom is -0.300 e. The van der Waals surface area contributed by atoms with Crippen molar-refractivity contribution in [2.24, 2.45) is 0 Å². The number of allylic oxidation sites excluding steroid dienone is 2.